The van der Waals surface area contributed by atoms with Crippen molar-refractivity contribution >= 4 is 5.91 Å². The van der Waals surface area contributed by atoms with Crippen LogP contribution in [0.2, 0.25) is 0 Å². The van der Waals surface area contributed by atoms with E-state index in [4.69, 9.17) is 5.73 Å². The Morgan fingerprint density at radius 3 is 2.81 bits per heavy atom. The fraction of sp³-hybridized carbons (Fsp3) is 0.500. The molecule has 0 bridgehead atoms. The molecule has 90 valence electrons. The number of aromatic nitrogens is 2. The summed E-state index contributed by atoms with van der Waals surface area (Å²) < 4.78 is 37.2. The van der Waals surface area contributed by atoms with Gasteiger partial charge in [0, 0.05) is 12.6 Å². The Hall–Kier alpha value is -1.57. The Labute approximate surface area is 89.2 Å². The van der Waals surface area contributed by atoms with Gasteiger partial charge < -0.3 is 11.1 Å². The third-order valence-electron chi connectivity index (χ3n) is 1.90. The molecule has 0 aliphatic heterocycles. The van der Waals surface area contributed by atoms with Crippen molar-refractivity contribution in [2.24, 2.45) is 5.73 Å². The third-order valence-corrected chi connectivity index (χ3v) is 1.90. The maximum absolute atomic E-state index is 12.4. The highest BCUT2D eigenvalue weighted by atomic mass is 19.4. The first-order valence-corrected chi connectivity index (χ1v) is 4.47. The number of hydrogen-bond acceptors (Lipinski definition) is 3. The van der Waals surface area contributed by atoms with Crippen LogP contribution in [-0.2, 0) is 6.18 Å². The smallest absolute Gasteiger partial charge is 0.348 e. The second-order valence-corrected chi connectivity index (χ2v) is 3.27. The zero-order chi connectivity index (χ0) is 12.3. The SMILES string of the molecule is CC(CN)NC(=O)c1cn[nH]c1C(F)(F)F. The molecule has 0 saturated heterocycles. The van der Waals surface area contributed by atoms with Gasteiger partial charge in [-0.3, -0.25) is 9.89 Å². The minimum atomic E-state index is -4.63. The zero-order valence-corrected chi connectivity index (χ0v) is 8.43. The number of H-pyrrole nitrogens is 1. The van der Waals surface area contributed by atoms with Gasteiger partial charge in [0.25, 0.3) is 5.91 Å². The van der Waals surface area contributed by atoms with E-state index < -0.39 is 29.4 Å². The average molecular weight is 236 g/mol. The maximum Gasteiger partial charge on any atom is 0.433 e. The Morgan fingerprint density at radius 2 is 2.31 bits per heavy atom. The molecule has 0 spiro atoms. The first-order chi connectivity index (χ1) is 7.36. The molecule has 0 saturated carbocycles. The second kappa shape index (κ2) is 4.52. The van der Waals surface area contributed by atoms with Gasteiger partial charge in [-0.05, 0) is 6.92 Å². The van der Waals surface area contributed by atoms with Gasteiger partial charge in [0.1, 0.15) is 0 Å². The van der Waals surface area contributed by atoms with E-state index in [1.807, 2.05) is 0 Å². The molecule has 1 unspecified atom stereocenters. The third kappa shape index (κ3) is 2.72. The zero-order valence-electron chi connectivity index (χ0n) is 8.43. The molecule has 0 fully saturated rings. The summed E-state index contributed by atoms with van der Waals surface area (Å²) in [5.41, 5.74) is 3.54. The molecule has 16 heavy (non-hydrogen) atoms. The molecule has 1 rings (SSSR count). The van der Waals surface area contributed by atoms with Crippen LogP contribution < -0.4 is 11.1 Å². The van der Waals surface area contributed by atoms with Crippen molar-refractivity contribution < 1.29 is 18.0 Å². The summed E-state index contributed by atoms with van der Waals surface area (Å²) in [6.45, 7) is 1.73. The summed E-state index contributed by atoms with van der Waals surface area (Å²) in [5.74, 6) is -0.848. The van der Waals surface area contributed by atoms with Crippen molar-refractivity contribution in [3.05, 3.63) is 17.5 Å². The number of nitrogens with zero attached hydrogens (tertiary/aromatic N) is 1. The lowest BCUT2D eigenvalue weighted by atomic mass is 10.2. The van der Waals surface area contributed by atoms with Crippen LogP contribution in [0, 0.1) is 0 Å². The van der Waals surface area contributed by atoms with E-state index in [2.05, 4.69) is 10.4 Å². The van der Waals surface area contributed by atoms with Crippen LogP contribution in [0.5, 0.6) is 0 Å². The van der Waals surface area contributed by atoms with Gasteiger partial charge in [-0.2, -0.15) is 18.3 Å². The highest BCUT2D eigenvalue weighted by Crippen LogP contribution is 2.29. The summed E-state index contributed by atoms with van der Waals surface area (Å²) in [7, 11) is 0. The summed E-state index contributed by atoms with van der Waals surface area (Å²) in [4.78, 5) is 11.4. The minimum absolute atomic E-state index is 0.144. The van der Waals surface area contributed by atoms with Crippen molar-refractivity contribution in [2.45, 2.75) is 19.1 Å². The summed E-state index contributed by atoms with van der Waals surface area (Å²) >= 11 is 0. The van der Waals surface area contributed by atoms with Gasteiger partial charge in [0.15, 0.2) is 5.69 Å². The van der Waals surface area contributed by atoms with Gasteiger partial charge in [-0.25, -0.2) is 0 Å². The van der Waals surface area contributed by atoms with Crippen molar-refractivity contribution in [1.29, 1.82) is 0 Å². The molecule has 1 amide bonds. The van der Waals surface area contributed by atoms with Crippen LogP contribution in [0.1, 0.15) is 23.0 Å². The molecule has 1 atom stereocenters. The fourth-order valence-corrected chi connectivity index (χ4v) is 1.03. The highest BCUT2D eigenvalue weighted by molar-refractivity contribution is 5.95. The van der Waals surface area contributed by atoms with Crippen molar-refractivity contribution in [3.63, 3.8) is 0 Å². The number of hydrogen-bond donors (Lipinski definition) is 3. The van der Waals surface area contributed by atoms with Gasteiger partial charge in [-0.1, -0.05) is 0 Å². The molecule has 4 N–H and O–H groups in total. The molecule has 0 aromatic carbocycles. The molecule has 1 aromatic rings. The van der Waals surface area contributed by atoms with E-state index in [1.165, 1.54) is 0 Å². The Balaban J connectivity index is 2.89. The predicted molar refractivity (Wildman–Crippen MR) is 49.6 cm³/mol. The van der Waals surface area contributed by atoms with Crippen LogP contribution in [-0.4, -0.2) is 28.7 Å². The number of nitrogens with one attached hydrogen (secondary N) is 2. The largest absolute Gasteiger partial charge is 0.433 e. The van der Waals surface area contributed by atoms with Crippen LogP contribution in [0.4, 0.5) is 13.2 Å². The molecule has 8 heteroatoms. The topological polar surface area (TPSA) is 83.8 Å². The van der Waals surface area contributed by atoms with Gasteiger partial charge in [0.05, 0.1) is 11.8 Å². The van der Waals surface area contributed by atoms with E-state index in [0.717, 1.165) is 6.20 Å². The molecule has 1 heterocycles. The second-order valence-electron chi connectivity index (χ2n) is 3.27. The number of carbonyl (C=O) groups is 1. The maximum atomic E-state index is 12.4. The number of carbonyl (C=O) groups excluding carboxylic acids is 1. The first-order valence-electron chi connectivity index (χ1n) is 4.47. The Kier molecular flexibility index (Phi) is 3.53. The number of aromatic amines is 1. The minimum Gasteiger partial charge on any atom is -0.348 e. The summed E-state index contributed by atoms with van der Waals surface area (Å²) in [6, 6.07) is -0.400. The van der Waals surface area contributed by atoms with E-state index in [9.17, 15) is 18.0 Å². The van der Waals surface area contributed by atoms with Crippen LogP contribution in [0.25, 0.3) is 0 Å². The fourth-order valence-electron chi connectivity index (χ4n) is 1.03. The molecule has 0 aliphatic rings. The molecule has 0 aliphatic carbocycles. The van der Waals surface area contributed by atoms with Gasteiger partial charge in [-0.15, -0.1) is 0 Å². The van der Waals surface area contributed by atoms with Gasteiger partial charge >= 0.3 is 6.18 Å². The van der Waals surface area contributed by atoms with Crippen LogP contribution in [0.15, 0.2) is 6.20 Å². The van der Waals surface area contributed by atoms with Crippen molar-refractivity contribution in [3.8, 4) is 0 Å². The average Bonchev–Trinajstić information content (AvgIpc) is 2.65. The number of nitrogens with two attached hydrogens (primary N) is 1. The number of alkyl halides is 3. The monoisotopic (exact) mass is 236 g/mol. The molecular formula is C8H11F3N4O. The van der Waals surface area contributed by atoms with Crippen molar-refractivity contribution in [1.82, 2.24) is 15.5 Å². The normalized spacial score (nSPS) is 13.6. The van der Waals surface area contributed by atoms with Crippen LogP contribution >= 0.6 is 0 Å². The van der Waals surface area contributed by atoms with E-state index in [1.54, 1.807) is 12.0 Å². The van der Waals surface area contributed by atoms with Crippen LogP contribution in [0.3, 0.4) is 0 Å². The van der Waals surface area contributed by atoms with E-state index in [-0.39, 0.29) is 6.54 Å². The predicted octanol–water partition coefficient (Wildman–Crippen LogP) is 0.506. The molecule has 1 aromatic heterocycles. The first kappa shape index (κ1) is 12.5. The Morgan fingerprint density at radius 1 is 1.69 bits per heavy atom. The quantitative estimate of drug-likeness (QED) is 0.714. The highest BCUT2D eigenvalue weighted by Gasteiger charge is 2.37. The lowest BCUT2D eigenvalue weighted by molar-refractivity contribution is -0.141. The summed E-state index contributed by atoms with van der Waals surface area (Å²) in [5, 5.41) is 7.28. The van der Waals surface area contributed by atoms with Gasteiger partial charge in [0.2, 0.25) is 0 Å². The molecular weight excluding hydrogens is 225 g/mol. The number of halogens is 3. The standard InChI is InChI=1S/C8H11F3N4O/c1-4(2-12)14-7(16)5-3-13-15-6(5)8(9,10)11/h3-4H,2,12H2,1H3,(H,13,15)(H,14,16). The lowest BCUT2D eigenvalue weighted by Crippen LogP contribution is -2.38. The Bertz CT molecular complexity index is 374. The number of rotatable bonds is 3. The van der Waals surface area contributed by atoms with Crippen molar-refractivity contribution in [2.75, 3.05) is 6.54 Å². The number of amides is 1. The molecule has 0 radical (unpaired) electrons. The molecule has 5 nitrogen and oxygen atoms in total. The lowest BCUT2D eigenvalue weighted by Gasteiger charge is -2.11. The van der Waals surface area contributed by atoms with E-state index >= 15 is 0 Å². The van der Waals surface area contributed by atoms with E-state index in [0.29, 0.717) is 0 Å². The summed E-state index contributed by atoms with van der Waals surface area (Å²) in [6.07, 6.45) is -3.80.